The number of nitrogens with zero attached hydrogens (tertiary/aromatic N) is 1. The molecule has 0 rings (SSSR count). The SMILES string of the molecule is NC(N)=NCCC(C=O)[C@H](N)C(=O)O. The zero-order chi connectivity index (χ0) is 11.1. The molecule has 0 aromatic heterocycles. The minimum absolute atomic E-state index is 0.0986. The van der Waals surface area contributed by atoms with Crippen molar-refractivity contribution < 1.29 is 14.7 Å². The molecule has 7 heteroatoms. The van der Waals surface area contributed by atoms with Gasteiger partial charge in [-0.05, 0) is 6.42 Å². The fourth-order valence-corrected chi connectivity index (χ4v) is 0.858. The lowest BCUT2D eigenvalue weighted by Crippen LogP contribution is -2.39. The van der Waals surface area contributed by atoms with Crippen LogP contribution in [0.25, 0.3) is 0 Å². The molecular formula is C7H14N4O3. The Hall–Kier alpha value is -1.63. The van der Waals surface area contributed by atoms with E-state index in [-0.39, 0.29) is 18.9 Å². The van der Waals surface area contributed by atoms with Crippen LogP contribution in [0.5, 0.6) is 0 Å². The molecular weight excluding hydrogens is 188 g/mol. The van der Waals surface area contributed by atoms with Crippen molar-refractivity contribution in [2.45, 2.75) is 12.5 Å². The van der Waals surface area contributed by atoms with Gasteiger partial charge in [-0.1, -0.05) is 0 Å². The summed E-state index contributed by atoms with van der Waals surface area (Å²) in [4.78, 5) is 24.5. The van der Waals surface area contributed by atoms with E-state index in [0.29, 0.717) is 6.29 Å². The number of aldehydes is 1. The summed E-state index contributed by atoms with van der Waals surface area (Å²) < 4.78 is 0. The Labute approximate surface area is 81.0 Å². The van der Waals surface area contributed by atoms with E-state index in [1.54, 1.807) is 0 Å². The van der Waals surface area contributed by atoms with Crippen LogP contribution >= 0.6 is 0 Å². The van der Waals surface area contributed by atoms with Gasteiger partial charge >= 0.3 is 5.97 Å². The molecule has 0 aliphatic heterocycles. The van der Waals surface area contributed by atoms with Gasteiger partial charge in [0.05, 0.1) is 0 Å². The molecule has 1 unspecified atom stereocenters. The van der Waals surface area contributed by atoms with E-state index in [2.05, 4.69) is 4.99 Å². The van der Waals surface area contributed by atoms with Crippen LogP contribution in [-0.2, 0) is 9.59 Å². The molecule has 0 amide bonds. The molecule has 0 saturated carbocycles. The van der Waals surface area contributed by atoms with E-state index in [0.717, 1.165) is 0 Å². The number of aliphatic carboxylic acids is 1. The summed E-state index contributed by atoms with van der Waals surface area (Å²) in [5, 5.41) is 8.52. The molecule has 14 heavy (non-hydrogen) atoms. The number of rotatable bonds is 6. The van der Waals surface area contributed by atoms with Crippen LogP contribution in [0, 0.1) is 5.92 Å². The van der Waals surface area contributed by atoms with Crippen LogP contribution in [0.15, 0.2) is 4.99 Å². The van der Waals surface area contributed by atoms with Gasteiger partial charge in [0.2, 0.25) is 0 Å². The molecule has 0 aromatic rings. The molecule has 0 aliphatic rings. The van der Waals surface area contributed by atoms with Crippen molar-refractivity contribution in [2.24, 2.45) is 28.1 Å². The Morgan fingerprint density at radius 2 is 2.07 bits per heavy atom. The Kier molecular flexibility index (Phi) is 5.23. The maximum Gasteiger partial charge on any atom is 0.321 e. The van der Waals surface area contributed by atoms with Crippen LogP contribution < -0.4 is 17.2 Å². The minimum Gasteiger partial charge on any atom is -0.480 e. The van der Waals surface area contributed by atoms with Crippen LogP contribution in [0.4, 0.5) is 0 Å². The Morgan fingerprint density at radius 1 is 1.50 bits per heavy atom. The predicted molar refractivity (Wildman–Crippen MR) is 50.5 cm³/mol. The zero-order valence-corrected chi connectivity index (χ0v) is 7.59. The van der Waals surface area contributed by atoms with Gasteiger partial charge in [0, 0.05) is 12.5 Å². The van der Waals surface area contributed by atoms with E-state index in [1.807, 2.05) is 0 Å². The summed E-state index contributed by atoms with van der Waals surface area (Å²) in [7, 11) is 0. The molecule has 0 heterocycles. The van der Waals surface area contributed by atoms with Gasteiger partial charge in [-0.25, -0.2) is 0 Å². The first kappa shape index (κ1) is 12.4. The van der Waals surface area contributed by atoms with E-state index in [9.17, 15) is 9.59 Å². The number of guanidine groups is 1. The third kappa shape index (κ3) is 4.41. The number of hydrogen-bond donors (Lipinski definition) is 4. The lowest BCUT2D eigenvalue weighted by molar-refractivity contribution is -0.141. The standard InChI is InChI=1S/C7H14N4O3/c8-5(6(13)14)4(3-12)1-2-11-7(9)10/h3-5H,1-2,8H2,(H,13,14)(H4,9,10,11)/t4?,5-/m0/s1. The highest BCUT2D eigenvalue weighted by atomic mass is 16.4. The molecule has 7 nitrogen and oxygen atoms in total. The van der Waals surface area contributed by atoms with Crippen molar-refractivity contribution in [2.75, 3.05) is 6.54 Å². The average Bonchev–Trinajstić information content (AvgIpc) is 2.10. The normalized spacial score (nSPS) is 14.1. The van der Waals surface area contributed by atoms with Crippen LogP contribution in [0.2, 0.25) is 0 Å². The third-order valence-corrected chi connectivity index (χ3v) is 1.68. The van der Waals surface area contributed by atoms with Gasteiger partial charge in [-0.2, -0.15) is 0 Å². The first-order chi connectivity index (χ1) is 6.49. The highest BCUT2D eigenvalue weighted by Crippen LogP contribution is 2.04. The number of carboxylic acid groups (broad SMARTS) is 1. The summed E-state index contributed by atoms with van der Waals surface area (Å²) in [6.45, 7) is 0.187. The number of carbonyl (C=O) groups excluding carboxylic acids is 1. The summed E-state index contributed by atoms with van der Waals surface area (Å²) >= 11 is 0. The fraction of sp³-hybridized carbons (Fsp3) is 0.571. The summed E-state index contributed by atoms with van der Waals surface area (Å²) in [6, 6.07) is -1.21. The smallest absolute Gasteiger partial charge is 0.321 e. The number of carbonyl (C=O) groups is 2. The minimum atomic E-state index is -1.22. The summed E-state index contributed by atoms with van der Waals surface area (Å²) in [5.74, 6) is -2.08. The second-order valence-electron chi connectivity index (χ2n) is 2.76. The summed E-state index contributed by atoms with van der Waals surface area (Å²) in [6.07, 6.45) is 0.718. The van der Waals surface area contributed by atoms with Crippen molar-refractivity contribution in [3.8, 4) is 0 Å². The van der Waals surface area contributed by atoms with Crippen molar-refractivity contribution >= 4 is 18.2 Å². The van der Waals surface area contributed by atoms with E-state index in [1.165, 1.54) is 0 Å². The molecule has 2 atom stereocenters. The lowest BCUT2D eigenvalue weighted by atomic mass is 9.99. The number of hydrogen-bond acceptors (Lipinski definition) is 4. The summed E-state index contributed by atoms with van der Waals surface area (Å²) in [5.41, 5.74) is 15.3. The Balaban J connectivity index is 4.10. The average molecular weight is 202 g/mol. The second kappa shape index (κ2) is 5.92. The maximum absolute atomic E-state index is 10.5. The largest absolute Gasteiger partial charge is 0.480 e. The van der Waals surface area contributed by atoms with Crippen LogP contribution in [-0.4, -0.2) is 35.9 Å². The molecule has 0 aromatic carbocycles. The van der Waals surface area contributed by atoms with Crippen molar-refractivity contribution in [3.63, 3.8) is 0 Å². The third-order valence-electron chi connectivity index (χ3n) is 1.68. The number of carboxylic acids is 1. The lowest BCUT2D eigenvalue weighted by Gasteiger charge is -2.12. The van der Waals surface area contributed by atoms with Crippen molar-refractivity contribution in [1.82, 2.24) is 0 Å². The van der Waals surface area contributed by atoms with Gasteiger partial charge in [0.1, 0.15) is 12.3 Å². The first-order valence-corrected chi connectivity index (χ1v) is 3.98. The molecule has 0 saturated heterocycles. The van der Waals surface area contributed by atoms with Gasteiger partial charge in [0.25, 0.3) is 0 Å². The van der Waals surface area contributed by atoms with Crippen LogP contribution in [0.1, 0.15) is 6.42 Å². The molecule has 0 aliphatic carbocycles. The van der Waals surface area contributed by atoms with Gasteiger partial charge in [-0.3, -0.25) is 9.79 Å². The second-order valence-corrected chi connectivity index (χ2v) is 2.76. The fourth-order valence-electron chi connectivity index (χ4n) is 0.858. The van der Waals surface area contributed by atoms with E-state index < -0.39 is 17.9 Å². The van der Waals surface area contributed by atoms with Crippen LogP contribution in [0.3, 0.4) is 0 Å². The topological polar surface area (TPSA) is 145 Å². The van der Waals surface area contributed by atoms with Gasteiger partial charge in [-0.15, -0.1) is 0 Å². The van der Waals surface area contributed by atoms with E-state index >= 15 is 0 Å². The Bertz CT molecular complexity index is 237. The van der Waals surface area contributed by atoms with Gasteiger partial charge in [0.15, 0.2) is 5.96 Å². The molecule has 7 N–H and O–H groups in total. The first-order valence-electron chi connectivity index (χ1n) is 3.98. The highest BCUT2D eigenvalue weighted by Gasteiger charge is 2.22. The maximum atomic E-state index is 10.5. The zero-order valence-electron chi connectivity index (χ0n) is 7.59. The number of nitrogens with two attached hydrogens (primary N) is 3. The molecule has 80 valence electrons. The monoisotopic (exact) mass is 202 g/mol. The van der Waals surface area contributed by atoms with Gasteiger partial charge < -0.3 is 27.1 Å². The number of aliphatic imine (C=N–C) groups is 1. The predicted octanol–water partition coefficient (Wildman–Crippen LogP) is -2.12. The van der Waals surface area contributed by atoms with Crippen molar-refractivity contribution in [3.05, 3.63) is 0 Å². The van der Waals surface area contributed by atoms with Crippen molar-refractivity contribution in [1.29, 1.82) is 0 Å². The molecule has 0 fully saturated rings. The highest BCUT2D eigenvalue weighted by molar-refractivity contribution is 5.78. The molecule has 0 bridgehead atoms. The Morgan fingerprint density at radius 3 is 2.43 bits per heavy atom. The van der Waals surface area contributed by atoms with E-state index in [4.69, 9.17) is 22.3 Å². The molecule has 0 radical (unpaired) electrons. The quantitative estimate of drug-likeness (QED) is 0.220. The molecule has 0 spiro atoms.